The van der Waals surface area contributed by atoms with Gasteiger partial charge in [-0.15, -0.1) is 0 Å². The number of hydrogen-bond donors (Lipinski definition) is 5. The molecule has 0 heterocycles. The van der Waals surface area contributed by atoms with E-state index >= 15 is 0 Å². The molecule has 1 atom stereocenters. The van der Waals surface area contributed by atoms with Crippen LogP contribution >= 0.6 is 0 Å². The predicted octanol–water partition coefficient (Wildman–Crippen LogP) is 2.50. The molecule has 3 rings (SSSR count). The van der Waals surface area contributed by atoms with Gasteiger partial charge >= 0.3 is 0 Å². The number of guanidine groups is 1. The van der Waals surface area contributed by atoms with E-state index < -0.39 is 17.9 Å². The van der Waals surface area contributed by atoms with E-state index in [2.05, 4.69) is 5.32 Å². The summed E-state index contributed by atoms with van der Waals surface area (Å²) in [6.07, 6.45) is 1.36. The van der Waals surface area contributed by atoms with Gasteiger partial charge in [-0.3, -0.25) is 15.0 Å². The number of nitrogens with zero attached hydrogens (tertiary/aromatic N) is 1. The molecular weight excluding hydrogens is 466 g/mol. The zero-order chi connectivity index (χ0) is 26.6. The predicted molar refractivity (Wildman–Crippen MR) is 145 cm³/mol. The molecule has 7 N–H and O–H groups in total. The van der Waals surface area contributed by atoms with Crippen molar-refractivity contribution in [3.63, 3.8) is 0 Å². The maximum atomic E-state index is 14.3. The highest BCUT2D eigenvalue weighted by atomic mass is 16.3. The number of aliphatic hydroxyl groups is 1. The lowest BCUT2D eigenvalue weighted by atomic mass is 9.89. The van der Waals surface area contributed by atoms with E-state index in [1.807, 2.05) is 84.9 Å². The van der Waals surface area contributed by atoms with E-state index in [4.69, 9.17) is 16.9 Å². The second kappa shape index (κ2) is 13.8. The summed E-state index contributed by atoms with van der Waals surface area (Å²) in [5, 5.41) is 19.3. The summed E-state index contributed by atoms with van der Waals surface area (Å²) in [5.74, 6) is -1.58. The molecule has 0 bridgehead atoms. The summed E-state index contributed by atoms with van der Waals surface area (Å²) in [6, 6.07) is 25.8. The van der Waals surface area contributed by atoms with Crippen LogP contribution in [0.3, 0.4) is 0 Å². The third-order valence-electron chi connectivity index (χ3n) is 6.25. The highest BCUT2D eigenvalue weighted by Gasteiger charge is 2.34. The van der Waals surface area contributed by atoms with Crippen molar-refractivity contribution >= 4 is 17.8 Å². The largest absolute Gasteiger partial charge is 0.396 e. The van der Waals surface area contributed by atoms with Gasteiger partial charge in [0.15, 0.2) is 5.96 Å². The molecule has 0 unspecified atom stereocenters. The van der Waals surface area contributed by atoms with Gasteiger partial charge in [0.1, 0.15) is 6.04 Å². The minimum atomic E-state index is -0.853. The Kier molecular flexibility index (Phi) is 10.2. The lowest BCUT2D eigenvalue weighted by molar-refractivity contribution is -0.141. The fourth-order valence-electron chi connectivity index (χ4n) is 4.38. The fraction of sp³-hybridized carbons (Fsp3) is 0.276. The smallest absolute Gasteiger partial charge is 0.240 e. The van der Waals surface area contributed by atoms with Crippen LogP contribution in [0.5, 0.6) is 0 Å². The Hall–Kier alpha value is -4.17. The van der Waals surface area contributed by atoms with Gasteiger partial charge in [0, 0.05) is 19.7 Å². The Balaban J connectivity index is 1.99. The lowest BCUT2D eigenvalue weighted by Gasteiger charge is -2.33. The van der Waals surface area contributed by atoms with Crippen LogP contribution in [0, 0.1) is 5.41 Å². The van der Waals surface area contributed by atoms with Crippen molar-refractivity contribution in [1.82, 2.24) is 10.2 Å². The van der Waals surface area contributed by atoms with Crippen molar-refractivity contribution in [2.75, 3.05) is 13.2 Å². The molecule has 0 spiro atoms. The first-order valence-corrected chi connectivity index (χ1v) is 12.4. The molecule has 0 saturated heterocycles. The summed E-state index contributed by atoms with van der Waals surface area (Å²) in [5.41, 5.74) is 14.7. The summed E-state index contributed by atoms with van der Waals surface area (Å²) in [4.78, 5) is 28.6. The first-order chi connectivity index (χ1) is 17.9. The van der Waals surface area contributed by atoms with Crippen LogP contribution in [0.2, 0.25) is 0 Å². The minimum absolute atomic E-state index is 0.0534. The Morgan fingerprint density at radius 3 is 1.89 bits per heavy atom. The number of primary amides is 1. The van der Waals surface area contributed by atoms with Crippen molar-refractivity contribution in [3.8, 4) is 0 Å². The van der Waals surface area contributed by atoms with Crippen LogP contribution < -0.4 is 16.8 Å². The molecule has 2 amide bonds. The number of nitrogens with two attached hydrogens (primary N) is 2. The van der Waals surface area contributed by atoms with Crippen molar-refractivity contribution < 1.29 is 14.7 Å². The maximum absolute atomic E-state index is 14.3. The molecule has 0 aromatic heterocycles. The van der Waals surface area contributed by atoms with E-state index in [0.29, 0.717) is 25.8 Å². The standard InChI is InChI=1S/C29H35N5O3/c30-27(36)25(12-7-18-33-29(31)32)34(20-22-15-13-21(14-16-22)17-19-35)28(37)26(23-8-3-1-4-9-23)24-10-5-2-6-11-24/h1-6,8-11,13-16,25-26,35H,7,12,17-20H2,(H2,30,36)(H4,31,32,33)/t25-/m1/s1. The van der Waals surface area contributed by atoms with Crippen molar-refractivity contribution in [3.05, 3.63) is 107 Å². The quantitative estimate of drug-likeness (QED) is 0.139. The summed E-state index contributed by atoms with van der Waals surface area (Å²) in [7, 11) is 0. The first-order valence-electron chi connectivity index (χ1n) is 12.4. The van der Waals surface area contributed by atoms with Gasteiger partial charge in [0.2, 0.25) is 11.8 Å². The Morgan fingerprint density at radius 1 is 0.865 bits per heavy atom. The third-order valence-corrected chi connectivity index (χ3v) is 6.25. The zero-order valence-electron chi connectivity index (χ0n) is 20.8. The lowest BCUT2D eigenvalue weighted by Crippen LogP contribution is -2.49. The average molecular weight is 502 g/mol. The number of amides is 2. The molecule has 37 heavy (non-hydrogen) atoms. The molecule has 0 aliphatic rings. The average Bonchev–Trinajstić information content (AvgIpc) is 2.90. The van der Waals surface area contributed by atoms with Gasteiger partial charge < -0.3 is 26.8 Å². The normalized spacial score (nSPS) is 11.6. The molecule has 0 aliphatic heterocycles. The SMILES string of the molecule is N=C(N)NCCC[C@H](C(N)=O)N(Cc1ccc(CCO)cc1)C(=O)C(c1ccccc1)c1ccccc1. The zero-order valence-corrected chi connectivity index (χ0v) is 20.8. The molecule has 194 valence electrons. The Bertz CT molecular complexity index is 1110. The topological polar surface area (TPSA) is 146 Å². The summed E-state index contributed by atoms with van der Waals surface area (Å²) < 4.78 is 0. The van der Waals surface area contributed by atoms with Crippen molar-refractivity contribution in [2.24, 2.45) is 11.5 Å². The molecule has 0 saturated carbocycles. The summed E-state index contributed by atoms with van der Waals surface area (Å²) >= 11 is 0. The summed E-state index contributed by atoms with van der Waals surface area (Å²) in [6.45, 7) is 0.637. The van der Waals surface area contributed by atoms with Gasteiger partial charge in [-0.05, 0) is 41.5 Å². The van der Waals surface area contributed by atoms with Gasteiger partial charge in [0.05, 0.1) is 5.92 Å². The van der Waals surface area contributed by atoms with Gasteiger partial charge in [-0.1, -0.05) is 84.9 Å². The van der Waals surface area contributed by atoms with Gasteiger partial charge in [0.25, 0.3) is 0 Å². The highest BCUT2D eigenvalue weighted by molar-refractivity contribution is 5.92. The number of hydrogen-bond acceptors (Lipinski definition) is 4. The van der Waals surface area contributed by atoms with Crippen LogP contribution in [-0.2, 0) is 22.6 Å². The molecule has 8 nitrogen and oxygen atoms in total. The molecule has 0 aliphatic carbocycles. The van der Waals surface area contributed by atoms with Crippen LogP contribution in [0.25, 0.3) is 0 Å². The van der Waals surface area contributed by atoms with Crippen LogP contribution in [-0.4, -0.2) is 47.0 Å². The second-order valence-electron chi connectivity index (χ2n) is 8.91. The first kappa shape index (κ1) is 27.4. The number of carbonyl (C=O) groups excluding carboxylic acids is 2. The maximum Gasteiger partial charge on any atom is 0.240 e. The molecule has 3 aromatic carbocycles. The molecular formula is C29H35N5O3. The molecule has 3 aromatic rings. The van der Waals surface area contributed by atoms with Crippen LogP contribution in [0.4, 0.5) is 0 Å². The number of rotatable bonds is 13. The number of benzene rings is 3. The van der Waals surface area contributed by atoms with E-state index in [9.17, 15) is 14.7 Å². The Morgan fingerprint density at radius 2 is 1.41 bits per heavy atom. The van der Waals surface area contributed by atoms with E-state index in [0.717, 1.165) is 22.3 Å². The monoisotopic (exact) mass is 501 g/mol. The third kappa shape index (κ3) is 7.91. The number of carbonyl (C=O) groups is 2. The minimum Gasteiger partial charge on any atom is -0.396 e. The number of nitrogens with one attached hydrogen (secondary N) is 2. The van der Waals surface area contributed by atoms with Crippen molar-refractivity contribution in [1.29, 1.82) is 5.41 Å². The van der Waals surface area contributed by atoms with Gasteiger partial charge in [-0.25, -0.2) is 0 Å². The Labute approximate surface area is 217 Å². The van der Waals surface area contributed by atoms with E-state index in [1.54, 1.807) is 4.90 Å². The number of aliphatic hydroxyl groups excluding tert-OH is 1. The molecule has 8 heteroatoms. The van der Waals surface area contributed by atoms with E-state index in [1.165, 1.54) is 0 Å². The van der Waals surface area contributed by atoms with E-state index in [-0.39, 0.29) is 25.0 Å². The van der Waals surface area contributed by atoms with Crippen molar-refractivity contribution in [2.45, 2.75) is 37.8 Å². The fourth-order valence-corrected chi connectivity index (χ4v) is 4.38. The van der Waals surface area contributed by atoms with Crippen LogP contribution in [0.15, 0.2) is 84.9 Å². The second-order valence-corrected chi connectivity index (χ2v) is 8.91. The van der Waals surface area contributed by atoms with Crippen LogP contribution in [0.1, 0.15) is 41.0 Å². The van der Waals surface area contributed by atoms with Gasteiger partial charge in [-0.2, -0.15) is 0 Å². The highest BCUT2D eigenvalue weighted by Crippen LogP contribution is 2.29. The molecule has 0 fully saturated rings. The molecule has 0 radical (unpaired) electrons.